The molecule has 0 saturated carbocycles. The number of halogens is 1. The maximum atomic E-state index is 8.08. The second-order valence-corrected chi connectivity index (χ2v) is 1.77. The van der Waals surface area contributed by atoms with Gasteiger partial charge in [-0.15, -0.1) is 11.6 Å². The van der Waals surface area contributed by atoms with Gasteiger partial charge in [0.2, 0.25) is 0 Å². The fourth-order valence-electron chi connectivity index (χ4n) is 0.326. The molecule has 2 N–H and O–H groups in total. The maximum Gasteiger partial charge on any atom is 0.126 e. The summed E-state index contributed by atoms with van der Waals surface area (Å²) in [5.41, 5.74) is 5.86. The molecule has 0 aliphatic heterocycles. The quantitative estimate of drug-likeness (QED) is 0.372. The summed E-state index contributed by atoms with van der Waals surface area (Å²) in [6.07, 6.45) is 2.87. The highest BCUT2D eigenvalue weighted by Gasteiger charge is 1.85. The van der Waals surface area contributed by atoms with Crippen molar-refractivity contribution >= 4 is 17.8 Å². The van der Waals surface area contributed by atoms with Gasteiger partial charge in [-0.3, -0.25) is 4.99 Å². The SMILES string of the molecule is N#CCN=CC(=CN)CCl. The third-order valence-corrected chi connectivity index (χ3v) is 1.10. The van der Waals surface area contributed by atoms with Gasteiger partial charge in [0, 0.05) is 11.8 Å². The number of nitrogens with zero attached hydrogens (tertiary/aromatic N) is 2. The second kappa shape index (κ2) is 6.12. The van der Waals surface area contributed by atoms with Gasteiger partial charge in [0.25, 0.3) is 0 Å². The first-order valence-corrected chi connectivity index (χ1v) is 3.22. The summed E-state index contributed by atoms with van der Waals surface area (Å²) < 4.78 is 0. The lowest BCUT2D eigenvalue weighted by atomic mass is 10.4. The number of alkyl halides is 1. The molecule has 0 rings (SSSR count). The van der Waals surface area contributed by atoms with Gasteiger partial charge in [0.05, 0.1) is 11.9 Å². The molecule has 10 heavy (non-hydrogen) atoms. The Morgan fingerprint density at radius 1 is 1.80 bits per heavy atom. The topological polar surface area (TPSA) is 62.2 Å². The summed E-state index contributed by atoms with van der Waals surface area (Å²) in [6, 6.07) is 1.86. The Hall–Kier alpha value is -1.01. The molecule has 0 aromatic rings. The van der Waals surface area contributed by atoms with E-state index in [1.54, 1.807) is 0 Å². The molecular formula is C6H8ClN3. The van der Waals surface area contributed by atoms with Gasteiger partial charge in [-0.1, -0.05) is 0 Å². The number of hydrogen-bond acceptors (Lipinski definition) is 3. The van der Waals surface area contributed by atoms with E-state index in [-0.39, 0.29) is 6.54 Å². The predicted molar refractivity (Wildman–Crippen MR) is 42.0 cm³/mol. The van der Waals surface area contributed by atoms with Gasteiger partial charge < -0.3 is 5.73 Å². The highest BCUT2D eigenvalue weighted by molar-refractivity contribution is 6.21. The molecule has 0 aliphatic carbocycles. The molecular weight excluding hydrogens is 150 g/mol. The van der Waals surface area contributed by atoms with Crippen LogP contribution in [0.25, 0.3) is 0 Å². The van der Waals surface area contributed by atoms with Crippen molar-refractivity contribution in [1.29, 1.82) is 5.26 Å². The molecule has 0 saturated heterocycles. The van der Waals surface area contributed by atoms with E-state index in [0.717, 1.165) is 5.57 Å². The molecule has 0 heterocycles. The van der Waals surface area contributed by atoms with Crippen LogP contribution in [0, 0.1) is 11.3 Å². The molecule has 4 heteroatoms. The van der Waals surface area contributed by atoms with Crippen molar-refractivity contribution in [3.05, 3.63) is 11.8 Å². The number of nitriles is 1. The van der Waals surface area contributed by atoms with Crippen molar-refractivity contribution in [2.24, 2.45) is 10.7 Å². The first kappa shape index (κ1) is 8.99. The van der Waals surface area contributed by atoms with E-state index < -0.39 is 0 Å². The summed E-state index contributed by atoms with van der Waals surface area (Å²) in [7, 11) is 0. The van der Waals surface area contributed by atoms with Gasteiger partial charge in [-0.25, -0.2) is 0 Å². The number of hydrogen-bond donors (Lipinski definition) is 1. The van der Waals surface area contributed by atoms with Crippen LogP contribution >= 0.6 is 11.6 Å². The van der Waals surface area contributed by atoms with Crippen LogP contribution in [-0.4, -0.2) is 18.6 Å². The average molecular weight is 158 g/mol. The Labute approximate surface area is 64.8 Å². The normalized spacial score (nSPS) is 11.8. The Bertz CT molecular complexity index is 178. The monoisotopic (exact) mass is 157 g/mol. The molecule has 0 unspecified atom stereocenters. The fourth-order valence-corrected chi connectivity index (χ4v) is 0.484. The van der Waals surface area contributed by atoms with Crippen molar-refractivity contribution in [2.45, 2.75) is 0 Å². The third kappa shape index (κ3) is 3.93. The van der Waals surface area contributed by atoms with Gasteiger partial charge in [0.15, 0.2) is 0 Å². The minimum Gasteiger partial charge on any atom is -0.404 e. The first-order valence-electron chi connectivity index (χ1n) is 2.68. The number of aliphatic imine (C=N–C) groups is 1. The standard InChI is InChI=1S/C6H8ClN3/c7-3-6(4-9)5-10-2-1-8/h4-5H,2-3,9H2. The zero-order chi connectivity index (χ0) is 7.82. The number of nitrogens with two attached hydrogens (primary N) is 1. The van der Waals surface area contributed by atoms with Crippen molar-refractivity contribution in [2.75, 3.05) is 12.4 Å². The van der Waals surface area contributed by atoms with Gasteiger partial charge >= 0.3 is 0 Å². The van der Waals surface area contributed by atoms with Crippen LogP contribution in [0.15, 0.2) is 16.8 Å². The van der Waals surface area contributed by atoms with E-state index in [1.165, 1.54) is 12.4 Å². The minimum atomic E-state index is 0.147. The van der Waals surface area contributed by atoms with Crippen molar-refractivity contribution in [1.82, 2.24) is 0 Å². The van der Waals surface area contributed by atoms with Crippen LogP contribution in [0.3, 0.4) is 0 Å². The van der Waals surface area contributed by atoms with Crippen molar-refractivity contribution in [3.63, 3.8) is 0 Å². The van der Waals surface area contributed by atoms with Crippen LogP contribution < -0.4 is 5.73 Å². The Kier molecular flexibility index (Phi) is 5.50. The predicted octanol–water partition coefficient (Wildman–Crippen LogP) is 0.662. The molecule has 0 fully saturated rings. The highest BCUT2D eigenvalue weighted by Crippen LogP contribution is 1.90. The van der Waals surface area contributed by atoms with Crippen molar-refractivity contribution in [3.8, 4) is 6.07 Å². The van der Waals surface area contributed by atoms with Crippen LogP contribution in [-0.2, 0) is 0 Å². The summed E-state index contributed by atoms with van der Waals surface area (Å²) in [5, 5.41) is 8.08. The molecule has 0 amide bonds. The van der Waals surface area contributed by atoms with Gasteiger partial charge in [0.1, 0.15) is 6.54 Å². The molecule has 0 aromatic carbocycles. The zero-order valence-electron chi connectivity index (χ0n) is 5.42. The van der Waals surface area contributed by atoms with Crippen LogP contribution in [0.2, 0.25) is 0 Å². The van der Waals surface area contributed by atoms with Crippen LogP contribution in [0.1, 0.15) is 0 Å². The Morgan fingerprint density at radius 3 is 2.90 bits per heavy atom. The Morgan fingerprint density at radius 2 is 2.50 bits per heavy atom. The average Bonchev–Trinajstić information content (AvgIpc) is 1.99. The lowest BCUT2D eigenvalue weighted by Crippen LogP contribution is -1.92. The summed E-state index contributed by atoms with van der Waals surface area (Å²) in [4.78, 5) is 3.71. The third-order valence-electron chi connectivity index (χ3n) is 0.787. The molecule has 0 spiro atoms. The molecule has 0 atom stereocenters. The molecule has 3 nitrogen and oxygen atoms in total. The number of rotatable bonds is 3. The zero-order valence-corrected chi connectivity index (χ0v) is 6.17. The minimum absolute atomic E-state index is 0.147. The van der Waals surface area contributed by atoms with Crippen LogP contribution in [0.4, 0.5) is 0 Å². The lowest BCUT2D eigenvalue weighted by molar-refractivity contribution is 1.25. The largest absolute Gasteiger partial charge is 0.404 e. The summed E-state index contributed by atoms with van der Waals surface area (Å²) >= 11 is 5.42. The maximum absolute atomic E-state index is 8.08. The van der Waals surface area contributed by atoms with E-state index in [9.17, 15) is 0 Å². The van der Waals surface area contributed by atoms with Gasteiger partial charge in [-0.2, -0.15) is 5.26 Å². The molecule has 54 valence electrons. The van der Waals surface area contributed by atoms with E-state index in [1.807, 2.05) is 6.07 Å². The molecule has 0 aliphatic rings. The Balaban J connectivity index is 3.77. The first-order chi connectivity index (χ1) is 4.85. The molecule has 0 bridgehead atoms. The number of allylic oxidation sites excluding steroid dienone is 1. The highest BCUT2D eigenvalue weighted by atomic mass is 35.5. The lowest BCUT2D eigenvalue weighted by Gasteiger charge is -1.88. The van der Waals surface area contributed by atoms with E-state index >= 15 is 0 Å². The van der Waals surface area contributed by atoms with E-state index in [4.69, 9.17) is 22.6 Å². The second-order valence-electron chi connectivity index (χ2n) is 1.50. The van der Waals surface area contributed by atoms with Gasteiger partial charge in [-0.05, 0) is 6.20 Å². The van der Waals surface area contributed by atoms with Crippen LogP contribution in [0.5, 0.6) is 0 Å². The van der Waals surface area contributed by atoms with E-state index in [2.05, 4.69) is 4.99 Å². The fraction of sp³-hybridized carbons (Fsp3) is 0.333. The van der Waals surface area contributed by atoms with Crippen molar-refractivity contribution < 1.29 is 0 Å². The summed E-state index contributed by atoms with van der Waals surface area (Å²) in [6.45, 7) is 0.147. The molecule has 0 radical (unpaired) electrons. The molecule has 0 aromatic heterocycles. The van der Waals surface area contributed by atoms with E-state index in [0.29, 0.717) is 5.88 Å². The summed E-state index contributed by atoms with van der Waals surface area (Å²) in [5.74, 6) is 0.325. The smallest absolute Gasteiger partial charge is 0.126 e.